The Hall–Kier alpha value is -1.18. The van der Waals surface area contributed by atoms with E-state index in [1.165, 1.54) is 22.9 Å². The minimum atomic E-state index is 0. The summed E-state index contributed by atoms with van der Waals surface area (Å²) in [5.41, 5.74) is 1.12. The van der Waals surface area contributed by atoms with E-state index in [-0.39, 0.29) is 36.6 Å². The van der Waals surface area contributed by atoms with Crippen LogP contribution in [-0.4, -0.2) is 74.4 Å². The van der Waals surface area contributed by atoms with Crippen molar-refractivity contribution in [2.45, 2.75) is 56.4 Å². The fourth-order valence-corrected chi connectivity index (χ4v) is 5.99. The number of rotatable bonds is 6. The van der Waals surface area contributed by atoms with E-state index in [0.717, 1.165) is 31.5 Å². The third kappa shape index (κ3) is 4.68. The number of carbonyl (C=O) groups excluding carboxylic acids is 1. The second kappa shape index (κ2) is 10.4. The number of amides is 1. The van der Waals surface area contributed by atoms with Crippen molar-refractivity contribution in [3.63, 3.8) is 0 Å². The third-order valence-electron chi connectivity index (χ3n) is 6.84. The highest BCUT2D eigenvalue weighted by molar-refractivity contribution is 7.17. The maximum absolute atomic E-state index is 13.3. The molecule has 1 saturated carbocycles. The number of halogens is 1. The summed E-state index contributed by atoms with van der Waals surface area (Å²) in [6.45, 7) is 2.23. The SMILES string of the molecule is CO[C@H]1C[C@H](N(C)C(=O)Cc2cccc3sccc23)[C@@H](N2CCCC2)C[C@H]1OC.Cl. The quantitative estimate of drug-likeness (QED) is 0.664. The number of ether oxygens (including phenoxy) is 2. The molecule has 0 radical (unpaired) electrons. The van der Waals surface area contributed by atoms with Crippen LogP contribution in [0.3, 0.4) is 0 Å². The van der Waals surface area contributed by atoms with Crippen molar-refractivity contribution in [1.29, 1.82) is 0 Å². The summed E-state index contributed by atoms with van der Waals surface area (Å²) in [4.78, 5) is 17.9. The Kier molecular flexibility index (Phi) is 8.16. The van der Waals surface area contributed by atoms with Gasteiger partial charge in [-0.05, 0) is 67.2 Å². The van der Waals surface area contributed by atoms with Crippen LogP contribution in [-0.2, 0) is 20.7 Å². The zero-order valence-corrected chi connectivity index (χ0v) is 19.7. The molecule has 1 saturated heterocycles. The lowest BCUT2D eigenvalue weighted by Crippen LogP contribution is -2.59. The first-order valence-corrected chi connectivity index (χ1v) is 11.5. The zero-order chi connectivity index (χ0) is 20.4. The van der Waals surface area contributed by atoms with Crippen molar-refractivity contribution in [1.82, 2.24) is 9.80 Å². The number of hydrogen-bond donors (Lipinski definition) is 0. The number of hydrogen-bond acceptors (Lipinski definition) is 5. The van der Waals surface area contributed by atoms with E-state index in [4.69, 9.17) is 9.47 Å². The van der Waals surface area contributed by atoms with E-state index in [2.05, 4.69) is 34.5 Å². The standard InChI is InChI=1S/C23H32N2O3S.ClH/c1-24(23(26)13-16-7-6-8-22-17(16)9-12-29-22)18-14-20(27-2)21(28-3)15-19(18)25-10-4-5-11-25;/h6-9,12,18-21H,4-5,10-11,13-15H2,1-3H3;1H/t18-,19-,20-,21+;/m0./s1. The minimum absolute atomic E-state index is 0. The predicted molar refractivity (Wildman–Crippen MR) is 125 cm³/mol. The predicted octanol–water partition coefficient (Wildman–Crippen LogP) is 3.98. The molecule has 4 rings (SSSR count). The maximum Gasteiger partial charge on any atom is 0.227 e. The lowest BCUT2D eigenvalue weighted by atomic mass is 9.84. The summed E-state index contributed by atoms with van der Waals surface area (Å²) in [6.07, 6.45) is 4.78. The van der Waals surface area contributed by atoms with Gasteiger partial charge in [0.2, 0.25) is 5.91 Å². The molecule has 2 fully saturated rings. The molecule has 30 heavy (non-hydrogen) atoms. The summed E-state index contributed by atoms with van der Waals surface area (Å²) in [7, 11) is 5.50. The highest BCUT2D eigenvalue weighted by Gasteiger charge is 2.43. The van der Waals surface area contributed by atoms with E-state index in [1.807, 2.05) is 11.9 Å². The molecule has 0 bridgehead atoms. The molecule has 4 atom stereocenters. The van der Waals surface area contributed by atoms with Crippen molar-refractivity contribution in [2.24, 2.45) is 0 Å². The number of fused-ring (bicyclic) bond motifs is 1. The molecule has 0 N–H and O–H groups in total. The topological polar surface area (TPSA) is 42.0 Å². The summed E-state index contributed by atoms with van der Waals surface area (Å²) in [6, 6.07) is 8.87. The lowest BCUT2D eigenvalue weighted by molar-refractivity contribution is -0.140. The molecule has 0 spiro atoms. The Morgan fingerprint density at radius 2 is 1.83 bits per heavy atom. The number of benzene rings is 1. The molecule has 2 heterocycles. The van der Waals surface area contributed by atoms with E-state index < -0.39 is 0 Å². The molecule has 2 aliphatic rings. The van der Waals surface area contributed by atoms with Crippen LogP contribution in [0, 0.1) is 0 Å². The number of nitrogens with zero attached hydrogens (tertiary/aromatic N) is 2. The summed E-state index contributed by atoms with van der Waals surface area (Å²) < 4.78 is 12.7. The summed E-state index contributed by atoms with van der Waals surface area (Å²) >= 11 is 1.73. The van der Waals surface area contributed by atoms with Crippen LogP contribution in [0.25, 0.3) is 10.1 Å². The molecule has 0 unspecified atom stereocenters. The van der Waals surface area contributed by atoms with Crippen molar-refractivity contribution in [2.75, 3.05) is 34.4 Å². The van der Waals surface area contributed by atoms with Gasteiger partial charge in [0.05, 0.1) is 18.6 Å². The van der Waals surface area contributed by atoms with E-state index >= 15 is 0 Å². The first-order chi connectivity index (χ1) is 14.1. The Bertz CT molecular complexity index is 839. The Balaban J connectivity index is 0.00000256. The summed E-state index contributed by atoms with van der Waals surface area (Å²) in [5, 5.41) is 3.30. The molecule has 1 aliphatic carbocycles. The highest BCUT2D eigenvalue weighted by Crippen LogP contribution is 2.33. The highest BCUT2D eigenvalue weighted by atomic mass is 35.5. The smallest absolute Gasteiger partial charge is 0.227 e. The molecule has 2 aromatic rings. The lowest BCUT2D eigenvalue weighted by Gasteiger charge is -2.47. The van der Waals surface area contributed by atoms with E-state index in [0.29, 0.717) is 12.5 Å². The zero-order valence-electron chi connectivity index (χ0n) is 18.1. The van der Waals surface area contributed by atoms with Gasteiger partial charge in [0, 0.05) is 38.1 Å². The first kappa shape index (κ1) is 23.5. The molecule has 1 aromatic heterocycles. The van der Waals surface area contributed by atoms with Gasteiger partial charge >= 0.3 is 0 Å². The molecule has 1 aliphatic heterocycles. The van der Waals surface area contributed by atoms with Crippen LogP contribution in [0.15, 0.2) is 29.6 Å². The van der Waals surface area contributed by atoms with Crippen molar-refractivity contribution < 1.29 is 14.3 Å². The summed E-state index contributed by atoms with van der Waals surface area (Å²) in [5.74, 6) is 0.184. The van der Waals surface area contributed by atoms with Crippen molar-refractivity contribution in [3.8, 4) is 0 Å². The number of likely N-dealkylation sites (tertiary alicyclic amines) is 1. The fraction of sp³-hybridized carbons (Fsp3) is 0.609. The van der Waals surface area contributed by atoms with Gasteiger partial charge in [-0.3, -0.25) is 9.69 Å². The van der Waals surface area contributed by atoms with Gasteiger partial charge < -0.3 is 14.4 Å². The van der Waals surface area contributed by atoms with Gasteiger partial charge in [0.25, 0.3) is 0 Å². The second-order valence-electron chi connectivity index (χ2n) is 8.33. The van der Waals surface area contributed by atoms with E-state index in [9.17, 15) is 4.79 Å². The average Bonchev–Trinajstić information content (AvgIpc) is 3.44. The Labute approximate surface area is 189 Å². The van der Waals surface area contributed by atoms with Gasteiger partial charge in [0.1, 0.15) is 0 Å². The minimum Gasteiger partial charge on any atom is -0.379 e. The first-order valence-electron chi connectivity index (χ1n) is 10.6. The number of carbonyl (C=O) groups is 1. The maximum atomic E-state index is 13.3. The molecular formula is C23H33ClN2O3S. The monoisotopic (exact) mass is 452 g/mol. The van der Waals surface area contributed by atoms with Gasteiger partial charge in [-0.1, -0.05) is 12.1 Å². The van der Waals surface area contributed by atoms with Crippen molar-refractivity contribution in [3.05, 3.63) is 35.2 Å². The normalized spacial score (nSPS) is 27.2. The molecule has 1 aromatic carbocycles. The van der Waals surface area contributed by atoms with Crippen LogP contribution in [0.1, 0.15) is 31.2 Å². The van der Waals surface area contributed by atoms with Crippen molar-refractivity contribution >= 4 is 39.7 Å². The van der Waals surface area contributed by atoms with Crippen LogP contribution in [0.5, 0.6) is 0 Å². The number of methoxy groups -OCH3 is 2. The van der Waals surface area contributed by atoms with Gasteiger partial charge in [0.15, 0.2) is 0 Å². The number of likely N-dealkylation sites (N-methyl/N-ethyl adjacent to an activating group) is 1. The molecule has 5 nitrogen and oxygen atoms in total. The van der Waals surface area contributed by atoms with Crippen LogP contribution in [0.4, 0.5) is 0 Å². The second-order valence-corrected chi connectivity index (χ2v) is 9.28. The van der Waals surface area contributed by atoms with Gasteiger partial charge in [-0.25, -0.2) is 0 Å². The molecule has 166 valence electrons. The Morgan fingerprint density at radius 3 is 2.53 bits per heavy atom. The van der Waals surface area contributed by atoms with Gasteiger partial charge in [-0.2, -0.15) is 0 Å². The van der Waals surface area contributed by atoms with Crippen LogP contribution < -0.4 is 0 Å². The van der Waals surface area contributed by atoms with E-state index in [1.54, 1.807) is 25.6 Å². The van der Waals surface area contributed by atoms with Crippen LogP contribution in [0.2, 0.25) is 0 Å². The Morgan fingerprint density at radius 1 is 1.13 bits per heavy atom. The fourth-order valence-electron chi connectivity index (χ4n) is 5.16. The molecular weight excluding hydrogens is 420 g/mol. The van der Waals surface area contributed by atoms with Crippen LogP contribution >= 0.6 is 23.7 Å². The third-order valence-corrected chi connectivity index (χ3v) is 7.72. The van der Waals surface area contributed by atoms with Gasteiger partial charge in [-0.15, -0.1) is 23.7 Å². The average molecular weight is 453 g/mol. The molecule has 7 heteroatoms. The number of thiophene rings is 1. The molecule has 1 amide bonds. The largest absolute Gasteiger partial charge is 0.379 e.